The second-order valence-electron chi connectivity index (χ2n) is 3.46. The van der Waals surface area contributed by atoms with E-state index in [2.05, 4.69) is 19.6 Å². The van der Waals surface area contributed by atoms with Gasteiger partial charge < -0.3 is 14.0 Å². The molecule has 0 fully saturated rings. The van der Waals surface area contributed by atoms with Crippen LogP contribution in [0.15, 0.2) is 29.0 Å². The highest BCUT2D eigenvalue weighted by molar-refractivity contribution is 6.05. The van der Waals surface area contributed by atoms with E-state index in [4.69, 9.17) is 4.52 Å². The summed E-state index contributed by atoms with van der Waals surface area (Å²) in [4.78, 5) is 27.2. The number of pyridine rings is 1. The van der Waals surface area contributed by atoms with Gasteiger partial charge in [0, 0.05) is 18.0 Å². The molecule has 0 aliphatic heterocycles. The Morgan fingerprint density at radius 2 is 1.95 bits per heavy atom. The molecule has 0 amide bonds. The minimum Gasteiger partial charge on any atom is -0.465 e. The minimum absolute atomic E-state index is 0.0812. The molecule has 0 spiro atoms. The van der Waals surface area contributed by atoms with Gasteiger partial charge in [0.15, 0.2) is 0 Å². The quantitative estimate of drug-likeness (QED) is 0.770. The highest BCUT2D eigenvalue weighted by Gasteiger charge is 2.29. The van der Waals surface area contributed by atoms with Crippen molar-refractivity contribution in [3.05, 3.63) is 35.9 Å². The van der Waals surface area contributed by atoms with Crippen molar-refractivity contribution in [1.82, 2.24) is 10.1 Å². The lowest BCUT2D eigenvalue weighted by Crippen LogP contribution is -2.10. The fraction of sp³-hybridized carbons (Fsp3) is 0.167. The maximum absolute atomic E-state index is 11.8. The Hall–Kier alpha value is -2.70. The molecular weight excluding hydrogens is 252 g/mol. The van der Waals surface area contributed by atoms with Crippen molar-refractivity contribution in [2.45, 2.75) is 0 Å². The Bertz CT molecular complexity index is 606. The maximum atomic E-state index is 11.8. The molecule has 0 atom stereocenters. The number of carbonyl (C=O) groups excluding carboxylic acids is 2. The van der Waals surface area contributed by atoms with E-state index < -0.39 is 11.9 Å². The molecule has 98 valence electrons. The summed E-state index contributed by atoms with van der Waals surface area (Å²) in [7, 11) is 2.37. The zero-order valence-electron chi connectivity index (χ0n) is 10.2. The molecular formula is C12H10N2O5. The smallest absolute Gasteiger partial charge is 0.377 e. The van der Waals surface area contributed by atoms with Crippen molar-refractivity contribution in [2.75, 3.05) is 14.2 Å². The van der Waals surface area contributed by atoms with Crippen molar-refractivity contribution < 1.29 is 23.6 Å². The van der Waals surface area contributed by atoms with Crippen LogP contribution in [0.25, 0.3) is 11.3 Å². The van der Waals surface area contributed by atoms with Crippen molar-refractivity contribution in [2.24, 2.45) is 0 Å². The summed E-state index contributed by atoms with van der Waals surface area (Å²) in [6.45, 7) is 0. The minimum atomic E-state index is -0.803. The summed E-state index contributed by atoms with van der Waals surface area (Å²) in [6, 6.07) is 3.35. The van der Waals surface area contributed by atoms with E-state index in [0.717, 1.165) is 0 Å². The molecule has 7 heteroatoms. The van der Waals surface area contributed by atoms with Crippen LogP contribution in [-0.4, -0.2) is 36.3 Å². The zero-order valence-corrected chi connectivity index (χ0v) is 10.2. The van der Waals surface area contributed by atoms with Crippen LogP contribution in [-0.2, 0) is 9.47 Å². The number of esters is 2. The first-order chi connectivity index (χ1) is 9.19. The molecule has 0 saturated heterocycles. The van der Waals surface area contributed by atoms with Gasteiger partial charge in [-0.15, -0.1) is 0 Å². The van der Waals surface area contributed by atoms with Gasteiger partial charge in [-0.1, -0.05) is 5.16 Å². The average molecular weight is 262 g/mol. The third-order valence-electron chi connectivity index (χ3n) is 2.39. The molecule has 2 rings (SSSR count). The third kappa shape index (κ3) is 2.30. The molecule has 0 radical (unpaired) electrons. The van der Waals surface area contributed by atoms with E-state index in [9.17, 15) is 9.59 Å². The van der Waals surface area contributed by atoms with Gasteiger partial charge in [-0.25, -0.2) is 9.59 Å². The predicted octanol–water partition coefficient (Wildman–Crippen LogP) is 1.31. The lowest BCUT2D eigenvalue weighted by atomic mass is 10.1. The number of hydrogen-bond acceptors (Lipinski definition) is 7. The van der Waals surface area contributed by atoms with Crippen molar-refractivity contribution >= 4 is 11.9 Å². The first-order valence-corrected chi connectivity index (χ1v) is 5.25. The predicted molar refractivity (Wildman–Crippen MR) is 62.4 cm³/mol. The lowest BCUT2D eigenvalue weighted by molar-refractivity contribution is 0.0521. The van der Waals surface area contributed by atoms with Crippen molar-refractivity contribution in [3.8, 4) is 11.3 Å². The van der Waals surface area contributed by atoms with Crippen LogP contribution in [0.1, 0.15) is 20.9 Å². The number of rotatable bonds is 3. The van der Waals surface area contributed by atoms with Crippen LogP contribution < -0.4 is 0 Å². The number of methoxy groups -OCH3 is 2. The fourth-order valence-electron chi connectivity index (χ4n) is 1.51. The molecule has 2 aromatic rings. The van der Waals surface area contributed by atoms with Gasteiger partial charge in [0.1, 0.15) is 11.3 Å². The first-order valence-electron chi connectivity index (χ1n) is 5.25. The van der Waals surface area contributed by atoms with Gasteiger partial charge in [-0.3, -0.25) is 4.98 Å². The number of nitrogens with zero attached hydrogens (tertiary/aromatic N) is 2. The summed E-state index contributed by atoms with van der Waals surface area (Å²) < 4.78 is 14.0. The van der Waals surface area contributed by atoms with Crippen molar-refractivity contribution in [3.63, 3.8) is 0 Å². The Morgan fingerprint density at radius 3 is 2.53 bits per heavy atom. The van der Waals surface area contributed by atoms with Crippen molar-refractivity contribution in [1.29, 1.82) is 0 Å². The first kappa shape index (κ1) is 12.7. The Balaban J connectivity index is 2.60. The molecule has 0 aromatic carbocycles. The Labute approximate surface area is 108 Å². The monoisotopic (exact) mass is 262 g/mol. The topological polar surface area (TPSA) is 91.5 Å². The van der Waals surface area contributed by atoms with Crippen LogP contribution in [0.3, 0.4) is 0 Å². The van der Waals surface area contributed by atoms with Gasteiger partial charge in [0.05, 0.1) is 14.2 Å². The van der Waals surface area contributed by atoms with Crippen LogP contribution >= 0.6 is 0 Å². The Morgan fingerprint density at radius 1 is 1.21 bits per heavy atom. The van der Waals surface area contributed by atoms with E-state index in [1.54, 1.807) is 18.3 Å². The summed E-state index contributed by atoms with van der Waals surface area (Å²) >= 11 is 0. The summed E-state index contributed by atoms with van der Waals surface area (Å²) in [5.74, 6) is -1.84. The number of hydrogen-bond donors (Lipinski definition) is 0. The van der Waals surface area contributed by atoms with E-state index in [-0.39, 0.29) is 17.0 Å². The van der Waals surface area contributed by atoms with Crippen LogP contribution in [0.4, 0.5) is 0 Å². The second-order valence-corrected chi connectivity index (χ2v) is 3.46. The van der Waals surface area contributed by atoms with Gasteiger partial charge in [-0.05, 0) is 12.1 Å². The molecule has 0 N–H and O–H groups in total. The molecule has 2 heterocycles. The van der Waals surface area contributed by atoms with E-state index in [1.807, 2.05) is 0 Å². The third-order valence-corrected chi connectivity index (χ3v) is 2.39. The van der Waals surface area contributed by atoms with E-state index in [1.165, 1.54) is 20.4 Å². The largest absolute Gasteiger partial charge is 0.465 e. The lowest BCUT2D eigenvalue weighted by Gasteiger charge is -2.01. The van der Waals surface area contributed by atoms with Gasteiger partial charge in [0.2, 0.25) is 0 Å². The SMILES string of the molecule is COC(=O)c1onc(-c2cccnc2)c1C(=O)OC. The second kappa shape index (κ2) is 5.30. The van der Waals surface area contributed by atoms with Crippen LogP contribution in [0, 0.1) is 0 Å². The number of ether oxygens (including phenoxy) is 2. The highest BCUT2D eigenvalue weighted by Crippen LogP contribution is 2.26. The molecule has 7 nitrogen and oxygen atoms in total. The average Bonchev–Trinajstić information content (AvgIpc) is 2.91. The standard InChI is InChI=1S/C12H10N2O5/c1-17-11(15)8-9(7-4-3-5-13-6-7)14-19-10(8)12(16)18-2/h3-6H,1-2H3. The number of aromatic nitrogens is 2. The number of carbonyl (C=O) groups is 2. The molecule has 0 bridgehead atoms. The fourth-order valence-corrected chi connectivity index (χ4v) is 1.51. The van der Waals surface area contributed by atoms with Crippen LogP contribution in [0.2, 0.25) is 0 Å². The molecule has 2 aromatic heterocycles. The molecule has 0 saturated carbocycles. The maximum Gasteiger partial charge on any atom is 0.377 e. The normalized spacial score (nSPS) is 10.0. The summed E-state index contributed by atoms with van der Waals surface area (Å²) in [5, 5.41) is 3.71. The Kier molecular flexibility index (Phi) is 3.56. The molecule has 0 aliphatic carbocycles. The molecule has 0 unspecified atom stereocenters. The van der Waals surface area contributed by atoms with Crippen LogP contribution in [0.5, 0.6) is 0 Å². The van der Waals surface area contributed by atoms with E-state index >= 15 is 0 Å². The zero-order chi connectivity index (χ0) is 13.8. The van der Waals surface area contributed by atoms with Gasteiger partial charge >= 0.3 is 11.9 Å². The summed E-state index contributed by atoms with van der Waals surface area (Å²) in [6.07, 6.45) is 3.06. The molecule has 0 aliphatic rings. The van der Waals surface area contributed by atoms with Gasteiger partial charge in [-0.2, -0.15) is 0 Å². The highest BCUT2D eigenvalue weighted by atomic mass is 16.6. The van der Waals surface area contributed by atoms with E-state index in [0.29, 0.717) is 5.56 Å². The summed E-state index contributed by atoms with van der Waals surface area (Å²) in [5.41, 5.74) is 0.629. The van der Waals surface area contributed by atoms with Gasteiger partial charge in [0.25, 0.3) is 5.76 Å². The molecule has 19 heavy (non-hydrogen) atoms.